The molecule has 5 heteroatoms. The van der Waals surface area contributed by atoms with Gasteiger partial charge in [0, 0.05) is 12.6 Å². The monoisotopic (exact) mass is 239 g/mol. The minimum Gasteiger partial charge on any atom is -0.481 e. The van der Waals surface area contributed by atoms with Crippen molar-refractivity contribution in [1.29, 1.82) is 0 Å². The van der Waals surface area contributed by atoms with Crippen LogP contribution in [-0.2, 0) is 4.79 Å². The van der Waals surface area contributed by atoms with E-state index in [1.807, 2.05) is 6.92 Å². The highest BCUT2D eigenvalue weighted by atomic mass is 16.4. The number of aliphatic carboxylic acids is 1. The number of carboxylic acid groups (broad SMARTS) is 1. The van der Waals surface area contributed by atoms with E-state index in [0.29, 0.717) is 17.9 Å². The van der Waals surface area contributed by atoms with Crippen molar-refractivity contribution in [3.8, 4) is 0 Å². The Bertz CT molecular complexity index is 410. The molecular formula is C12H17NO4. The Morgan fingerprint density at radius 3 is 2.59 bits per heavy atom. The van der Waals surface area contributed by atoms with E-state index in [-0.39, 0.29) is 18.4 Å². The molecule has 1 unspecified atom stereocenters. The van der Waals surface area contributed by atoms with Crippen LogP contribution in [0.15, 0.2) is 16.7 Å². The largest absolute Gasteiger partial charge is 0.481 e. The number of carbonyl (C=O) groups excluding carboxylic acids is 1. The maximum Gasteiger partial charge on any atom is 0.305 e. The number of amides is 1. The lowest BCUT2D eigenvalue weighted by Gasteiger charge is -2.26. The van der Waals surface area contributed by atoms with E-state index >= 15 is 0 Å². The lowest BCUT2D eigenvalue weighted by molar-refractivity contribution is -0.138. The molecule has 5 nitrogen and oxygen atoms in total. The molecule has 1 atom stereocenters. The normalized spacial score (nSPS) is 12.2. The summed E-state index contributed by atoms with van der Waals surface area (Å²) in [6.07, 6.45) is 1.40. The Kier molecular flexibility index (Phi) is 4.31. The maximum absolute atomic E-state index is 12.2. The molecule has 0 fully saturated rings. The highest BCUT2D eigenvalue weighted by molar-refractivity contribution is 5.95. The molecule has 0 aliphatic heterocycles. The second kappa shape index (κ2) is 5.52. The summed E-state index contributed by atoms with van der Waals surface area (Å²) in [6.45, 7) is 5.73. The van der Waals surface area contributed by atoms with Crippen LogP contribution in [0, 0.1) is 6.92 Å². The molecule has 1 amide bonds. The topological polar surface area (TPSA) is 70.8 Å². The predicted molar refractivity (Wildman–Crippen MR) is 61.9 cm³/mol. The summed E-state index contributed by atoms with van der Waals surface area (Å²) in [5.41, 5.74) is 0.490. The van der Waals surface area contributed by atoms with Crippen molar-refractivity contribution in [3.05, 3.63) is 23.7 Å². The van der Waals surface area contributed by atoms with Gasteiger partial charge in [0.2, 0.25) is 0 Å². The minimum absolute atomic E-state index is 0.0590. The molecule has 1 heterocycles. The van der Waals surface area contributed by atoms with E-state index in [2.05, 4.69) is 0 Å². The van der Waals surface area contributed by atoms with Gasteiger partial charge in [0.05, 0.1) is 18.2 Å². The third-order valence-corrected chi connectivity index (χ3v) is 2.69. The number of carbonyl (C=O) groups is 2. The first-order chi connectivity index (χ1) is 7.97. The summed E-state index contributed by atoms with van der Waals surface area (Å²) >= 11 is 0. The molecule has 0 saturated carbocycles. The molecular weight excluding hydrogens is 222 g/mol. The average Bonchev–Trinajstić information content (AvgIpc) is 2.64. The van der Waals surface area contributed by atoms with Crippen LogP contribution in [0.25, 0.3) is 0 Å². The zero-order valence-corrected chi connectivity index (χ0v) is 10.3. The van der Waals surface area contributed by atoms with Crippen LogP contribution in [0.4, 0.5) is 0 Å². The van der Waals surface area contributed by atoms with Gasteiger partial charge < -0.3 is 14.4 Å². The van der Waals surface area contributed by atoms with Crippen LogP contribution in [-0.4, -0.2) is 34.5 Å². The minimum atomic E-state index is -0.910. The predicted octanol–water partition coefficient (Wildman–Crippen LogP) is 1.91. The Labute approximate surface area is 100 Å². The zero-order chi connectivity index (χ0) is 13.0. The molecule has 1 N–H and O–H groups in total. The molecule has 0 spiro atoms. The van der Waals surface area contributed by atoms with Crippen LogP contribution in [0.1, 0.15) is 36.4 Å². The molecule has 0 aliphatic carbocycles. The first-order valence-electron chi connectivity index (χ1n) is 5.54. The molecule has 0 radical (unpaired) electrons. The summed E-state index contributed by atoms with van der Waals surface area (Å²) in [5, 5.41) is 8.74. The molecule has 0 aliphatic rings. The third-order valence-electron chi connectivity index (χ3n) is 2.69. The number of nitrogens with zero attached hydrogens (tertiary/aromatic N) is 1. The zero-order valence-electron chi connectivity index (χ0n) is 10.3. The molecule has 0 saturated heterocycles. The van der Waals surface area contributed by atoms with Crippen LogP contribution in [0.3, 0.4) is 0 Å². The smallest absolute Gasteiger partial charge is 0.305 e. The average molecular weight is 239 g/mol. The van der Waals surface area contributed by atoms with Crippen LogP contribution in [0.2, 0.25) is 0 Å². The van der Waals surface area contributed by atoms with E-state index in [4.69, 9.17) is 9.52 Å². The summed E-state index contributed by atoms with van der Waals surface area (Å²) in [6, 6.07) is 1.27. The molecule has 0 bridgehead atoms. The van der Waals surface area contributed by atoms with Gasteiger partial charge in [-0.15, -0.1) is 0 Å². The van der Waals surface area contributed by atoms with Crippen molar-refractivity contribution < 1.29 is 19.1 Å². The SMILES string of the molecule is CCN(C(=O)c1ccoc1C)C(C)CC(=O)O. The van der Waals surface area contributed by atoms with Crippen molar-refractivity contribution in [2.75, 3.05) is 6.54 Å². The van der Waals surface area contributed by atoms with Crippen molar-refractivity contribution >= 4 is 11.9 Å². The number of furan rings is 1. The van der Waals surface area contributed by atoms with Gasteiger partial charge in [-0.05, 0) is 26.8 Å². The van der Waals surface area contributed by atoms with Gasteiger partial charge in [0.1, 0.15) is 5.76 Å². The van der Waals surface area contributed by atoms with Crippen molar-refractivity contribution in [2.45, 2.75) is 33.2 Å². The second-order valence-corrected chi connectivity index (χ2v) is 3.93. The van der Waals surface area contributed by atoms with Crippen LogP contribution in [0.5, 0.6) is 0 Å². The van der Waals surface area contributed by atoms with Gasteiger partial charge in [-0.3, -0.25) is 9.59 Å². The molecule has 17 heavy (non-hydrogen) atoms. The highest BCUT2D eigenvalue weighted by Gasteiger charge is 2.23. The lowest BCUT2D eigenvalue weighted by Crippen LogP contribution is -2.39. The number of hydrogen-bond donors (Lipinski definition) is 1. The molecule has 94 valence electrons. The second-order valence-electron chi connectivity index (χ2n) is 3.93. The van der Waals surface area contributed by atoms with Gasteiger partial charge in [-0.2, -0.15) is 0 Å². The fourth-order valence-corrected chi connectivity index (χ4v) is 1.78. The van der Waals surface area contributed by atoms with Crippen LogP contribution >= 0.6 is 0 Å². The van der Waals surface area contributed by atoms with Crippen LogP contribution < -0.4 is 0 Å². The number of hydrogen-bond acceptors (Lipinski definition) is 3. The van der Waals surface area contributed by atoms with E-state index in [1.54, 1.807) is 19.9 Å². The first-order valence-corrected chi connectivity index (χ1v) is 5.54. The Hall–Kier alpha value is -1.78. The fraction of sp³-hybridized carbons (Fsp3) is 0.500. The number of aryl methyl sites for hydroxylation is 1. The van der Waals surface area contributed by atoms with E-state index in [1.165, 1.54) is 11.2 Å². The number of rotatable bonds is 5. The van der Waals surface area contributed by atoms with Gasteiger partial charge in [-0.1, -0.05) is 0 Å². The summed E-state index contributed by atoms with van der Waals surface area (Å²) < 4.78 is 5.08. The fourth-order valence-electron chi connectivity index (χ4n) is 1.78. The van der Waals surface area contributed by atoms with Gasteiger partial charge in [0.25, 0.3) is 5.91 Å². The van der Waals surface area contributed by atoms with Crippen molar-refractivity contribution in [3.63, 3.8) is 0 Å². The van der Waals surface area contributed by atoms with Gasteiger partial charge in [-0.25, -0.2) is 0 Å². The van der Waals surface area contributed by atoms with Gasteiger partial charge in [0.15, 0.2) is 0 Å². The Morgan fingerprint density at radius 1 is 1.53 bits per heavy atom. The van der Waals surface area contributed by atoms with Crippen molar-refractivity contribution in [1.82, 2.24) is 4.90 Å². The lowest BCUT2D eigenvalue weighted by atomic mass is 10.1. The van der Waals surface area contributed by atoms with E-state index < -0.39 is 5.97 Å². The quantitative estimate of drug-likeness (QED) is 0.852. The van der Waals surface area contributed by atoms with Gasteiger partial charge >= 0.3 is 5.97 Å². The first kappa shape index (κ1) is 13.3. The molecule has 1 rings (SSSR count). The third kappa shape index (κ3) is 3.09. The Balaban J connectivity index is 2.84. The highest BCUT2D eigenvalue weighted by Crippen LogP contribution is 2.15. The summed E-state index contributed by atoms with van der Waals surface area (Å²) in [4.78, 5) is 24.3. The van der Waals surface area contributed by atoms with Crippen molar-refractivity contribution in [2.24, 2.45) is 0 Å². The van der Waals surface area contributed by atoms with E-state index in [0.717, 1.165) is 0 Å². The Morgan fingerprint density at radius 2 is 2.18 bits per heavy atom. The maximum atomic E-state index is 12.2. The molecule has 0 aromatic carbocycles. The molecule has 1 aromatic heterocycles. The standard InChI is InChI=1S/C12H17NO4/c1-4-13(8(2)7-11(14)15)12(16)10-5-6-17-9(10)3/h5-6,8H,4,7H2,1-3H3,(H,14,15). The molecule has 1 aromatic rings. The number of carboxylic acids is 1. The summed E-state index contributed by atoms with van der Waals surface area (Å²) in [7, 11) is 0. The van der Waals surface area contributed by atoms with E-state index in [9.17, 15) is 9.59 Å². The summed E-state index contributed by atoms with van der Waals surface area (Å²) in [5.74, 6) is -0.545.